The summed E-state index contributed by atoms with van der Waals surface area (Å²) >= 11 is 0. The third-order valence-electron chi connectivity index (χ3n) is 13.4. The van der Waals surface area contributed by atoms with Gasteiger partial charge in [0.15, 0.2) is 5.78 Å². The van der Waals surface area contributed by atoms with E-state index in [1.165, 1.54) is 0 Å². The number of carbonyl (C=O) groups is 3. The Morgan fingerprint density at radius 1 is 0.456 bits per heavy atom. The van der Waals surface area contributed by atoms with E-state index < -0.39 is 35.0 Å². The van der Waals surface area contributed by atoms with Crippen LogP contribution in [0.2, 0.25) is 0 Å². The number of rotatable bonds is 22. The number of fused-ring (bicyclic) bond motifs is 2. The van der Waals surface area contributed by atoms with Gasteiger partial charge < -0.3 is 18.9 Å². The predicted molar refractivity (Wildman–Crippen MR) is 271 cm³/mol. The van der Waals surface area contributed by atoms with Gasteiger partial charge in [0.1, 0.15) is 12.2 Å². The van der Waals surface area contributed by atoms with Crippen LogP contribution in [0.4, 0.5) is 0 Å². The van der Waals surface area contributed by atoms with Gasteiger partial charge in [-0.25, -0.2) is 9.59 Å². The zero-order chi connectivity index (χ0) is 47.2. The van der Waals surface area contributed by atoms with Gasteiger partial charge in [-0.3, -0.25) is 4.79 Å². The lowest BCUT2D eigenvalue weighted by molar-refractivity contribution is -0.141. The lowest BCUT2D eigenvalue weighted by Crippen LogP contribution is -2.54. The van der Waals surface area contributed by atoms with Crippen molar-refractivity contribution < 1.29 is 33.3 Å². The first-order valence-electron chi connectivity index (χ1n) is 24.2. The van der Waals surface area contributed by atoms with Crippen LogP contribution in [0, 0.1) is 10.8 Å². The highest BCUT2D eigenvalue weighted by atomic mass is 16.6. The first-order valence-corrected chi connectivity index (χ1v) is 24.2. The number of allylic oxidation sites excluding steroid dienone is 4. The van der Waals surface area contributed by atoms with Crippen molar-refractivity contribution in [2.45, 2.75) is 90.6 Å². The van der Waals surface area contributed by atoms with Crippen LogP contribution in [0.15, 0.2) is 193 Å². The van der Waals surface area contributed by atoms with Crippen LogP contribution in [0.5, 0.6) is 0 Å². The van der Waals surface area contributed by atoms with Crippen LogP contribution in [-0.2, 0) is 37.0 Å². The Hall–Kier alpha value is -6.67. The molecule has 0 spiro atoms. The van der Waals surface area contributed by atoms with Crippen LogP contribution in [0.3, 0.4) is 0 Å². The molecule has 2 aliphatic carbocycles. The molecule has 0 aliphatic heterocycles. The summed E-state index contributed by atoms with van der Waals surface area (Å²) in [6.07, 6.45) is 16.1. The summed E-state index contributed by atoms with van der Waals surface area (Å²) in [5.74, 6) is -1.22. The molecule has 0 fully saturated rings. The second-order valence-electron chi connectivity index (χ2n) is 18.5. The van der Waals surface area contributed by atoms with Crippen molar-refractivity contribution in [1.82, 2.24) is 0 Å². The molecule has 0 N–H and O–H groups in total. The molecule has 0 amide bonds. The van der Waals surface area contributed by atoms with Crippen molar-refractivity contribution in [3.63, 3.8) is 0 Å². The molecule has 0 saturated carbocycles. The molecule has 4 unspecified atom stereocenters. The van der Waals surface area contributed by atoms with Crippen molar-refractivity contribution in [2.24, 2.45) is 10.8 Å². The van der Waals surface area contributed by atoms with E-state index in [1.54, 1.807) is 12.1 Å². The summed E-state index contributed by atoms with van der Waals surface area (Å²) in [6, 6.07) is 47.1. The Bertz CT molecular complexity index is 2610. The summed E-state index contributed by atoms with van der Waals surface area (Å²) in [6.45, 7) is 6.12. The summed E-state index contributed by atoms with van der Waals surface area (Å²) < 4.78 is 25.1. The van der Waals surface area contributed by atoms with E-state index in [4.69, 9.17) is 18.9 Å². The van der Waals surface area contributed by atoms with Gasteiger partial charge in [0, 0.05) is 13.2 Å². The molecule has 0 aromatic heterocycles. The Morgan fingerprint density at radius 2 is 0.853 bits per heavy atom. The fourth-order valence-corrected chi connectivity index (χ4v) is 9.59. The molecule has 7 nitrogen and oxygen atoms in total. The molecule has 8 rings (SSSR count). The highest BCUT2D eigenvalue weighted by molar-refractivity contribution is 5.99. The summed E-state index contributed by atoms with van der Waals surface area (Å²) in [5.41, 5.74) is 2.18. The quantitative estimate of drug-likeness (QED) is 0.0495. The topological polar surface area (TPSA) is 88.1 Å². The number of ether oxygens (including phenoxy) is 4. The monoisotopic (exact) mass is 906 g/mol. The van der Waals surface area contributed by atoms with Crippen molar-refractivity contribution in [2.75, 3.05) is 13.2 Å². The fourth-order valence-electron chi connectivity index (χ4n) is 9.59. The van der Waals surface area contributed by atoms with E-state index in [0.717, 1.165) is 82.3 Å². The van der Waals surface area contributed by atoms with Crippen LogP contribution in [0.1, 0.15) is 97.1 Å². The van der Waals surface area contributed by atoms with Crippen LogP contribution >= 0.6 is 0 Å². The third kappa shape index (κ3) is 11.7. The van der Waals surface area contributed by atoms with Gasteiger partial charge in [-0.05, 0) is 120 Å². The van der Waals surface area contributed by atoms with Gasteiger partial charge >= 0.3 is 11.9 Å². The molecule has 0 heterocycles. The van der Waals surface area contributed by atoms with E-state index in [0.29, 0.717) is 50.4 Å². The number of carbonyl (C=O) groups excluding carboxylic acids is 3. The highest BCUT2D eigenvalue weighted by Gasteiger charge is 2.55. The average molecular weight is 907 g/mol. The minimum Gasteiger partial charge on any atom is -0.453 e. The van der Waals surface area contributed by atoms with E-state index in [2.05, 4.69) is 24.3 Å². The van der Waals surface area contributed by atoms with E-state index in [-0.39, 0.29) is 5.78 Å². The molecule has 68 heavy (non-hydrogen) atoms. The minimum atomic E-state index is -1.32. The molecule has 6 aromatic rings. The number of esters is 2. The SMILES string of the molecule is CC1(C(=O)C2(C)C=CC=C(CCCCCOCc3ccccc3)C2OC(=O)c2ccc3ccccc3c2)C=CC=C(CCCCCOCc2ccccc2)C1OC(=O)c1ccc2ccccc2c1. The number of ketones is 1. The average Bonchev–Trinajstić information content (AvgIpc) is 3.37. The largest absolute Gasteiger partial charge is 0.453 e. The summed E-state index contributed by atoms with van der Waals surface area (Å²) in [4.78, 5) is 44.5. The number of Topliss-reactive ketones (excluding diaryl/α,β-unsaturated/α-hetero) is 1. The van der Waals surface area contributed by atoms with E-state index in [9.17, 15) is 9.59 Å². The van der Waals surface area contributed by atoms with Gasteiger partial charge in [0.2, 0.25) is 0 Å². The van der Waals surface area contributed by atoms with Gasteiger partial charge in [0.05, 0.1) is 35.2 Å². The Labute approximate surface area is 401 Å². The second-order valence-corrected chi connectivity index (χ2v) is 18.5. The molecule has 2 aliphatic rings. The second kappa shape index (κ2) is 22.9. The molecular weight excluding hydrogens is 845 g/mol. The molecule has 348 valence electrons. The van der Waals surface area contributed by atoms with E-state index in [1.807, 2.05) is 159 Å². The van der Waals surface area contributed by atoms with Gasteiger partial charge in [-0.1, -0.05) is 171 Å². The number of benzene rings is 6. The number of hydrogen-bond acceptors (Lipinski definition) is 7. The van der Waals surface area contributed by atoms with Gasteiger partial charge in [0.25, 0.3) is 0 Å². The maximum absolute atomic E-state index is 15.9. The van der Waals surface area contributed by atoms with Crippen LogP contribution in [-0.4, -0.2) is 43.1 Å². The molecule has 7 heteroatoms. The van der Waals surface area contributed by atoms with E-state index >= 15 is 4.79 Å². The molecule has 0 saturated heterocycles. The number of hydrogen-bond donors (Lipinski definition) is 0. The van der Waals surface area contributed by atoms with Crippen molar-refractivity contribution >= 4 is 39.3 Å². The molecule has 4 atom stereocenters. The lowest BCUT2D eigenvalue weighted by atomic mass is 9.61. The van der Waals surface area contributed by atoms with Gasteiger partial charge in [-0.15, -0.1) is 0 Å². The van der Waals surface area contributed by atoms with Crippen molar-refractivity contribution in [3.05, 3.63) is 215 Å². The van der Waals surface area contributed by atoms with Gasteiger partial charge in [-0.2, -0.15) is 0 Å². The maximum atomic E-state index is 15.9. The molecule has 0 bridgehead atoms. The molecule has 6 aromatic carbocycles. The Kier molecular flexibility index (Phi) is 16.1. The van der Waals surface area contributed by atoms with Crippen molar-refractivity contribution in [3.8, 4) is 0 Å². The smallest absolute Gasteiger partial charge is 0.338 e. The normalized spacial score (nSPS) is 19.9. The van der Waals surface area contributed by atoms with Crippen LogP contribution < -0.4 is 0 Å². The first kappa shape index (κ1) is 47.8. The molecule has 0 radical (unpaired) electrons. The Morgan fingerprint density at radius 3 is 1.28 bits per heavy atom. The highest BCUT2D eigenvalue weighted by Crippen LogP contribution is 2.48. The first-order chi connectivity index (χ1) is 33.2. The zero-order valence-corrected chi connectivity index (χ0v) is 39.3. The third-order valence-corrected chi connectivity index (χ3v) is 13.4. The number of unbranched alkanes of at least 4 members (excludes halogenated alkanes) is 4. The van der Waals surface area contributed by atoms with Crippen molar-refractivity contribution in [1.29, 1.82) is 0 Å². The zero-order valence-electron chi connectivity index (χ0n) is 39.3. The predicted octanol–water partition coefficient (Wildman–Crippen LogP) is 13.9. The lowest BCUT2D eigenvalue weighted by Gasteiger charge is -2.45. The maximum Gasteiger partial charge on any atom is 0.338 e. The fraction of sp³-hybridized carbons (Fsp3) is 0.295. The summed E-state index contributed by atoms with van der Waals surface area (Å²) in [7, 11) is 0. The Balaban J connectivity index is 1.02. The standard InChI is InChI=1S/C61H62O7/c1-60(37-19-31-49(27-11-5-17-39-65-43-45-21-7-3-8-22-45)55(60)67-57(62)53-35-33-47-25-13-15-29-51(47)41-53)59(64)61(2)38-20-32-50(28-12-6-18-40-66-44-46-23-9-4-10-24-46)56(61)68-58(63)54-36-34-48-26-14-16-30-52(48)42-54/h3-4,7-10,13-16,19-26,29-38,41-42,55-56H,5-6,11-12,17-18,27-28,39-40,43-44H2,1-2H3. The minimum absolute atomic E-state index is 0.204. The molecular formula is C61H62O7. The van der Waals surface area contributed by atoms with Crippen LogP contribution in [0.25, 0.3) is 21.5 Å². The summed E-state index contributed by atoms with van der Waals surface area (Å²) in [5, 5.41) is 3.87.